The molecule has 3 aromatic rings. The van der Waals surface area contributed by atoms with E-state index in [1.807, 2.05) is 0 Å². The largest absolute Gasteiger partial charge is 0.507 e. The third-order valence-electron chi connectivity index (χ3n) is 4.62. The molecule has 4 rings (SSSR count). The summed E-state index contributed by atoms with van der Waals surface area (Å²) in [6.45, 7) is 0.0248. The maximum Gasteiger partial charge on any atom is 0.167 e. The third kappa shape index (κ3) is 3.31. The number of nitrogens with one attached hydrogen (secondary N) is 1. The predicted octanol–water partition coefficient (Wildman–Crippen LogP) is 0.518. The number of anilines is 1. The summed E-state index contributed by atoms with van der Waals surface area (Å²) >= 11 is 3.28. The van der Waals surface area contributed by atoms with E-state index in [0.29, 0.717) is 28.0 Å². The molecule has 3 heterocycles. The average molecular weight is 452 g/mol. The van der Waals surface area contributed by atoms with E-state index in [4.69, 9.17) is 4.74 Å². The van der Waals surface area contributed by atoms with Crippen LogP contribution in [-0.4, -0.2) is 64.9 Å². The summed E-state index contributed by atoms with van der Waals surface area (Å²) in [6.07, 6.45) is -1.44. The van der Waals surface area contributed by atoms with Crippen LogP contribution in [0, 0.1) is 0 Å². The number of hydrogen-bond acceptors (Lipinski definition) is 9. The Morgan fingerprint density at radius 2 is 2.00 bits per heavy atom. The minimum absolute atomic E-state index is 0.158. The Morgan fingerprint density at radius 3 is 2.71 bits per heavy atom. The van der Waals surface area contributed by atoms with E-state index >= 15 is 0 Å². The molecule has 0 aliphatic carbocycles. The molecule has 1 aliphatic rings. The predicted molar refractivity (Wildman–Crippen MR) is 101 cm³/mol. The van der Waals surface area contributed by atoms with E-state index in [2.05, 4.69) is 36.2 Å². The van der Waals surface area contributed by atoms with Gasteiger partial charge in [-0.05, 0) is 33.6 Å². The van der Waals surface area contributed by atoms with Crippen molar-refractivity contribution in [2.75, 3.05) is 11.9 Å². The average Bonchev–Trinajstić information content (AvgIpc) is 3.24. The monoisotopic (exact) mass is 451 g/mol. The van der Waals surface area contributed by atoms with Gasteiger partial charge in [-0.2, -0.15) is 0 Å². The van der Waals surface area contributed by atoms with Crippen LogP contribution in [0.25, 0.3) is 11.2 Å². The van der Waals surface area contributed by atoms with Crippen LogP contribution in [0.5, 0.6) is 5.75 Å². The van der Waals surface area contributed by atoms with Crippen LogP contribution in [0.3, 0.4) is 0 Å². The van der Waals surface area contributed by atoms with Crippen LogP contribution in [0.15, 0.2) is 35.3 Å². The molecular formula is C17H18BrN5O5. The SMILES string of the molecule is OC[C@H]1O[C@@H](n2cnc3c(NCc4ccc(O)c(Br)c4)ncnc32)[C@H](O)[C@@H]1O. The van der Waals surface area contributed by atoms with E-state index in [1.54, 1.807) is 18.2 Å². The van der Waals surface area contributed by atoms with E-state index in [1.165, 1.54) is 17.2 Å². The van der Waals surface area contributed by atoms with Gasteiger partial charge in [0.1, 0.15) is 30.4 Å². The molecule has 28 heavy (non-hydrogen) atoms. The fourth-order valence-electron chi connectivity index (χ4n) is 3.12. The number of aromatic nitrogens is 4. The van der Waals surface area contributed by atoms with Gasteiger partial charge in [-0.1, -0.05) is 6.07 Å². The highest BCUT2D eigenvalue weighted by Gasteiger charge is 2.44. The first-order valence-electron chi connectivity index (χ1n) is 8.51. The van der Waals surface area contributed by atoms with Crippen LogP contribution in [0.4, 0.5) is 5.82 Å². The molecule has 0 bridgehead atoms. The number of fused-ring (bicyclic) bond motifs is 1. The molecule has 4 atom stereocenters. The summed E-state index contributed by atoms with van der Waals surface area (Å²) in [5.41, 5.74) is 1.80. The summed E-state index contributed by atoms with van der Waals surface area (Å²) in [5.74, 6) is 0.644. The molecule has 1 aliphatic heterocycles. The van der Waals surface area contributed by atoms with Gasteiger partial charge in [0.2, 0.25) is 0 Å². The van der Waals surface area contributed by atoms with E-state index < -0.39 is 31.1 Å². The van der Waals surface area contributed by atoms with Gasteiger partial charge in [0, 0.05) is 6.54 Å². The summed E-state index contributed by atoms with van der Waals surface area (Å²) < 4.78 is 7.64. The van der Waals surface area contributed by atoms with E-state index in [9.17, 15) is 20.4 Å². The second-order valence-corrected chi connectivity index (χ2v) is 7.27. The van der Waals surface area contributed by atoms with Gasteiger partial charge in [-0.25, -0.2) is 15.0 Å². The molecule has 2 aromatic heterocycles. The topological polar surface area (TPSA) is 146 Å². The molecule has 0 spiro atoms. The highest BCUT2D eigenvalue weighted by Crippen LogP contribution is 2.32. The number of benzene rings is 1. The first kappa shape index (κ1) is 19.0. The zero-order valence-corrected chi connectivity index (χ0v) is 16.1. The number of imidazole rings is 1. The molecule has 0 unspecified atom stereocenters. The maximum absolute atomic E-state index is 10.2. The Hall–Kier alpha value is -2.31. The van der Waals surface area contributed by atoms with Crippen molar-refractivity contribution in [3.8, 4) is 5.75 Å². The number of aliphatic hydroxyl groups is 3. The Morgan fingerprint density at radius 1 is 1.18 bits per heavy atom. The molecule has 148 valence electrons. The molecular weight excluding hydrogens is 434 g/mol. The van der Waals surface area contributed by atoms with Crippen LogP contribution in [-0.2, 0) is 11.3 Å². The summed E-state index contributed by atoms with van der Waals surface area (Å²) in [7, 11) is 0. The lowest BCUT2D eigenvalue weighted by molar-refractivity contribution is -0.0511. The fraction of sp³-hybridized carbons (Fsp3) is 0.353. The lowest BCUT2D eigenvalue weighted by Gasteiger charge is -2.16. The molecule has 5 N–H and O–H groups in total. The van der Waals surface area contributed by atoms with Gasteiger partial charge in [-0.15, -0.1) is 0 Å². The van der Waals surface area contributed by atoms with Gasteiger partial charge in [0.05, 0.1) is 17.4 Å². The van der Waals surface area contributed by atoms with E-state index in [0.717, 1.165) is 5.56 Å². The van der Waals surface area contributed by atoms with Crippen molar-refractivity contribution in [1.82, 2.24) is 19.5 Å². The first-order valence-corrected chi connectivity index (χ1v) is 9.30. The molecule has 0 saturated carbocycles. The Kier molecular flexibility index (Phi) is 5.17. The number of ether oxygens (including phenoxy) is 1. The molecule has 10 nitrogen and oxygen atoms in total. The van der Waals surface area contributed by atoms with Gasteiger partial charge in [0.25, 0.3) is 0 Å². The third-order valence-corrected chi connectivity index (χ3v) is 5.26. The van der Waals surface area contributed by atoms with Gasteiger partial charge < -0.3 is 30.5 Å². The summed E-state index contributed by atoms with van der Waals surface area (Å²) in [4.78, 5) is 12.7. The van der Waals surface area contributed by atoms with Gasteiger partial charge >= 0.3 is 0 Å². The number of hydrogen-bond donors (Lipinski definition) is 5. The van der Waals surface area contributed by atoms with Gasteiger partial charge in [0.15, 0.2) is 23.2 Å². The highest BCUT2D eigenvalue weighted by atomic mass is 79.9. The maximum atomic E-state index is 10.2. The van der Waals surface area contributed by atoms with Crippen molar-refractivity contribution >= 4 is 32.9 Å². The van der Waals surface area contributed by atoms with Crippen molar-refractivity contribution in [2.24, 2.45) is 0 Å². The lowest BCUT2D eigenvalue weighted by Crippen LogP contribution is -2.33. The molecule has 1 aromatic carbocycles. The normalized spacial score (nSPS) is 24.7. The number of phenolic OH excluding ortho intramolecular Hbond substituents is 1. The Balaban J connectivity index is 1.59. The highest BCUT2D eigenvalue weighted by molar-refractivity contribution is 9.10. The zero-order valence-electron chi connectivity index (χ0n) is 14.5. The van der Waals surface area contributed by atoms with Crippen molar-refractivity contribution in [3.63, 3.8) is 0 Å². The van der Waals surface area contributed by atoms with Crippen molar-refractivity contribution in [3.05, 3.63) is 40.9 Å². The number of aliphatic hydroxyl groups excluding tert-OH is 3. The molecule has 0 amide bonds. The smallest absolute Gasteiger partial charge is 0.167 e. The van der Waals surface area contributed by atoms with E-state index in [-0.39, 0.29) is 5.75 Å². The van der Waals surface area contributed by atoms with Crippen LogP contribution < -0.4 is 5.32 Å². The van der Waals surface area contributed by atoms with Crippen molar-refractivity contribution in [2.45, 2.75) is 31.1 Å². The van der Waals surface area contributed by atoms with Crippen LogP contribution >= 0.6 is 15.9 Å². The number of aromatic hydroxyl groups is 1. The molecule has 0 radical (unpaired) electrons. The van der Waals surface area contributed by atoms with Crippen molar-refractivity contribution in [1.29, 1.82) is 0 Å². The standard InChI is InChI=1S/C17H18BrN5O5/c18-9-3-8(1-2-10(9)25)4-19-15-12-16(21-6-20-15)23(7-22-12)17-14(27)13(26)11(5-24)28-17/h1-3,6-7,11,13-14,17,24-27H,4-5H2,(H,19,20,21)/t11-,13-,14-,17-/m1/s1. The lowest BCUT2D eigenvalue weighted by atomic mass is 10.1. The first-order chi connectivity index (χ1) is 13.5. The number of halogens is 1. The van der Waals surface area contributed by atoms with Crippen molar-refractivity contribution < 1.29 is 25.2 Å². The summed E-state index contributed by atoms with van der Waals surface area (Å²) in [6, 6.07) is 5.16. The minimum atomic E-state index is -1.23. The van der Waals surface area contributed by atoms with Crippen LogP contribution in [0.1, 0.15) is 11.8 Å². The summed E-state index contributed by atoms with van der Waals surface area (Å²) in [5, 5.41) is 42.2. The fourth-order valence-corrected chi connectivity index (χ4v) is 3.55. The Bertz CT molecular complexity index is 999. The second kappa shape index (κ2) is 7.60. The molecule has 1 saturated heterocycles. The zero-order chi connectivity index (χ0) is 19.8. The Labute approximate surface area is 167 Å². The number of phenols is 1. The number of rotatable bonds is 5. The number of nitrogens with zero attached hydrogens (tertiary/aromatic N) is 4. The van der Waals surface area contributed by atoms with Crippen LogP contribution in [0.2, 0.25) is 0 Å². The minimum Gasteiger partial charge on any atom is -0.507 e. The molecule has 11 heteroatoms. The second-order valence-electron chi connectivity index (χ2n) is 6.41. The van der Waals surface area contributed by atoms with Gasteiger partial charge in [-0.3, -0.25) is 4.57 Å². The molecule has 1 fully saturated rings. The quantitative estimate of drug-likeness (QED) is 0.374.